The molecule has 2 fully saturated rings. The third-order valence-electron chi connectivity index (χ3n) is 8.50. The fourth-order valence-electron chi connectivity index (χ4n) is 6.27. The van der Waals surface area contributed by atoms with Gasteiger partial charge in [-0.2, -0.15) is 0 Å². The number of likely N-dealkylation sites (tertiary alicyclic amines) is 2. The van der Waals surface area contributed by atoms with Crippen LogP contribution in [0.4, 0.5) is 0 Å². The molecule has 2 atom stereocenters. The molecule has 204 valence electrons. The Kier molecular flexibility index (Phi) is 9.50. The molecule has 2 aliphatic rings. The van der Waals surface area contributed by atoms with Crippen molar-refractivity contribution in [1.82, 2.24) is 25.4 Å². The number of amides is 1. The molecule has 1 aromatic heterocycles. The van der Waals surface area contributed by atoms with Crippen LogP contribution in [0.3, 0.4) is 0 Å². The van der Waals surface area contributed by atoms with Crippen molar-refractivity contribution in [3.05, 3.63) is 71.9 Å². The highest BCUT2D eigenvalue weighted by molar-refractivity contribution is 5.83. The van der Waals surface area contributed by atoms with Crippen LogP contribution in [0.15, 0.2) is 60.8 Å². The van der Waals surface area contributed by atoms with Crippen molar-refractivity contribution in [2.75, 3.05) is 39.3 Å². The topological polar surface area (TPSA) is 63.4 Å². The van der Waals surface area contributed by atoms with Gasteiger partial charge in [0.05, 0.1) is 6.54 Å². The van der Waals surface area contributed by atoms with E-state index in [4.69, 9.17) is 0 Å². The Bertz CT molecular complexity index is 1130. The van der Waals surface area contributed by atoms with Crippen molar-refractivity contribution >= 4 is 16.8 Å². The molecule has 0 radical (unpaired) electrons. The van der Waals surface area contributed by atoms with Gasteiger partial charge in [0.15, 0.2) is 0 Å². The fraction of sp³-hybridized carbons (Fsp3) is 0.531. The van der Waals surface area contributed by atoms with E-state index in [1.165, 1.54) is 54.4 Å². The fourth-order valence-corrected chi connectivity index (χ4v) is 6.27. The first-order valence-corrected chi connectivity index (χ1v) is 14.7. The monoisotopic (exact) mass is 515 g/mol. The summed E-state index contributed by atoms with van der Waals surface area (Å²) in [4.78, 5) is 21.4. The lowest BCUT2D eigenvalue weighted by Crippen LogP contribution is -2.51. The molecule has 3 heterocycles. The highest BCUT2D eigenvalue weighted by Crippen LogP contribution is 2.21. The van der Waals surface area contributed by atoms with Gasteiger partial charge in [-0.3, -0.25) is 4.79 Å². The highest BCUT2D eigenvalue weighted by atomic mass is 16.2. The number of carbonyl (C=O) groups is 1. The van der Waals surface area contributed by atoms with E-state index in [-0.39, 0.29) is 11.9 Å². The maximum Gasteiger partial charge on any atom is 0.236 e. The zero-order chi connectivity index (χ0) is 26.2. The van der Waals surface area contributed by atoms with Crippen LogP contribution in [0, 0.1) is 0 Å². The molecule has 2 aromatic carbocycles. The van der Waals surface area contributed by atoms with Gasteiger partial charge >= 0.3 is 0 Å². The van der Waals surface area contributed by atoms with E-state index in [0.717, 1.165) is 45.3 Å². The Balaban J connectivity index is 1.15. The standard InChI is InChI=1S/C32H45N5O/c1-25(20-26-10-4-2-5-11-26)33-23-28(21-27-22-35-31-13-7-6-12-30(27)31)34-24-32(38)37-18-14-29(15-19-37)36-16-8-3-9-17-36/h2,4-7,10-13,22,25,28-29,33-35H,3,8-9,14-21,23-24H2,1H3. The van der Waals surface area contributed by atoms with Gasteiger partial charge in [0.1, 0.15) is 0 Å². The van der Waals surface area contributed by atoms with Gasteiger partial charge < -0.3 is 25.4 Å². The SMILES string of the molecule is CC(Cc1ccccc1)NCC(Cc1c[nH]c2ccccc12)NCC(=O)N1CCC(N2CCCCC2)CC1. The predicted molar refractivity (Wildman–Crippen MR) is 156 cm³/mol. The molecule has 0 bridgehead atoms. The van der Waals surface area contributed by atoms with Crippen LogP contribution < -0.4 is 10.6 Å². The summed E-state index contributed by atoms with van der Waals surface area (Å²) in [6.45, 7) is 7.72. The molecule has 6 heteroatoms. The zero-order valence-corrected chi connectivity index (χ0v) is 23.0. The Hall–Kier alpha value is -2.67. The van der Waals surface area contributed by atoms with Gasteiger partial charge in [-0.25, -0.2) is 0 Å². The minimum Gasteiger partial charge on any atom is -0.361 e. The average molecular weight is 516 g/mol. The van der Waals surface area contributed by atoms with E-state index in [0.29, 0.717) is 18.6 Å². The molecular weight excluding hydrogens is 470 g/mol. The largest absolute Gasteiger partial charge is 0.361 e. The van der Waals surface area contributed by atoms with Crippen LogP contribution >= 0.6 is 0 Å². The summed E-state index contributed by atoms with van der Waals surface area (Å²) in [6, 6.07) is 20.3. The second kappa shape index (κ2) is 13.4. The maximum absolute atomic E-state index is 13.2. The molecule has 3 N–H and O–H groups in total. The normalized spacial score (nSPS) is 19.0. The molecule has 1 amide bonds. The van der Waals surface area contributed by atoms with Crippen LogP contribution in [0.5, 0.6) is 0 Å². The number of piperidine rings is 2. The minimum atomic E-state index is 0.169. The Morgan fingerprint density at radius 2 is 1.66 bits per heavy atom. The lowest BCUT2D eigenvalue weighted by molar-refractivity contribution is -0.132. The first kappa shape index (κ1) is 26.9. The Labute approximate surface area is 228 Å². The molecule has 3 aromatic rings. The van der Waals surface area contributed by atoms with E-state index in [1.807, 2.05) is 0 Å². The molecule has 6 nitrogen and oxygen atoms in total. The van der Waals surface area contributed by atoms with Gasteiger partial charge in [-0.15, -0.1) is 0 Å². The van der Waals surface area contributed by atoms with E-state index in [1.54, 1.807) is 0 Å². The number of benzene rings is 2. The van der Waals surface area contributed by atoms with Crippen LogP contribution in [-0.2, 0) is 17.6 Å². The number of H-pyrrole nitrogens is 1. The number of nitrogens with one attached hydrogen (secondary N) is 3. The molecule has 2 unspecified atom stereocenters. The summed E-state index contributed by atoms with van der Waals surface area (Å²) in [7, 11) is 0. The van der Waals surface area contributed by atoms with Gasteiger partial charge in [-0.05, 0) is 75.7 Å². The highest BCUT2D eigenvalue weighted by Gasteiger charge is 2.27. The summed E-state index contributed by atoms with van der Waals surface area (Å²) in [5.74, 6) is 0.239. The van der Waals surface area contributed by atoms with Crippen LogP contribution in [-0.4, -0.2) is 78.1 Å². The van der Waals surface area contributed by atoms with Crippen LogP contribution in [0.1, 0.15) is 50.2 Å². The summed E-state index contributed by atoms with van der Waals surface area (Å²) < 4.78 is 0. The number of rotatable bonds is 11. The number of hydrogen-bond donors (Lipinski definition) is 3. The van der Waals surface area contributed by atoms with E-state index < -0.39 is 0 Å². The molecule has 2 saturated heterocycles. The first-order chi connectivity index (χ1) is 18.7. The van der Waals surface area contributed by atoms with E-state index in [9.17, 15) is 4.79 Å². The van der Waals surface area contributed by atoms with Crippen LogP contribution in [0.25, 0.3) is 10.9 Å². The number of fused-ring (bicyclic) bond motifs is 1. The van der Waals surface area contributed by atoms with Crippen LogP contribution in [0.2, 0.25) is 0 Å². The van der Waals surface area contributed by atoms with Crippen molar-refractivity contribution < 1.29 is 4.79 Å². The molecule has 0 aliphatic carbocycles. The second-order valence-electron chi connectivity index (χ2n) is 11.3. The number of carbonyl (C=O) groups excluding carboxylic acids is 1. The van der Waals surface area contributed by atoms with Gasteiger partial charge in [0.2, 0.25) is 5.91 Å². The minimum absolute atomic E-state index is 0.169. The Morgan fingerprint density at radius 3 is 2.45 bits per heavy atom. The summed E-state index contributed by atoms with van der Waals surface area (Å²) in [6.07, 6.45) is 10.3. The third-order valence-corrected chi connectivity index (χ3v) is 8.50. The molecule has 5 rings (SSSR count). The second-order valence-corrected chi connectivity index (χ2v) is 11.3. The average Bonchev–Trinajstić information content (AvgIpc) is 3.38. The summed E-state index contributed by atoms with van der Waals surface area (Å²) in [5.41, 5.74) is 3.81. The number of aromatic nitrogens is 1. The molecule has 2 aliphatic heterocycles. The van der Waals surface area contributed by atoms with E-state index in [2.05, 4.69) is 93.1 Å². The summed E-state index contributed by atoms with van der Waals surface area (Å²) in [5, 5.41) is 8.64. The lowest BCUT2D eigenvalue weighted by Gasteiger charge is -2.40. The number of para-hydroxylation sites is 1. The van der Waals surface area contributed by atoms with Crippen molar-refractivity contribution in [3.8, 4) is 0 Å². The predicted octanol–water partition coefficient (Wildman–Crippen LogP) is 4.37. The number of hydrogen-bond acceptors (Lipinski definition) is 4. The molecule has 0 spiro atoms. The lowest BCUT2D eigenvalue weighted by atomic mass is 10.00. The first-order valence-electron chi connectivity index (χ1n) is 14.7. The van der Waals surface area contributed by atoms with E-state index >= 15 is 0 Å². The number of nitrogens with zero attached hydrogens (tertiary/aromatic N) is 2. The zero-order valence-electron chi connectivity index (χ0n) is 23.0. The van der Waals surface area contributed by atoms with Crippen molar-refractivity contribution in [2.24, 2.45) is 0 Å². The maximum atomic E-state index is 13.2. The number of aromatic amines is 1. The molecule has 0 saturated carbocycles. The summed E-state index contributed by atoms with van der Waals surface area (Å²) >= 11 is 0. The van der Waals surface area contributed by atoms with Gasteiger partial charge in [0.25, 0.3) is 0 Å². The quantitative estimate of drug-likeness (QED) is 0.355. The van der Waals surface area contributed by atoms with Crippen molar-refractivity contribution in [3.63, 3.8) is 0 Å². The van der Waals surface area contributed by atoms with Gasteiger partial charge in [-0.1, -0.05) is 55.0 Å². The van der Waals surface area contributed by atoms with Crippen molar-refractivity contribution in [2.45, 2.75) is 70.0 Å². The third kappa shape index (κ3) is 7.25. The van der Waals surface area contributed by atoms with Gasteiger partial charge in [0, 0.05) is 54.9 Å². The Morgan fingerprint density at radius 1 is 0.921 bits per heavy atom. The molecular formula is C32H45N5O. The smallest absolute Gasteiger partial charge is 0.236 e. The molecule has 38 heavy (non-hydrogen) atoms. The van der Waals surface area contributed by atoms with Crippen molar-refractivity contribution in [1.29, 1.82) is 0 Å².